The number of anilines is 2. The number of fused-ring (bicyclic) bond motifs is 2. The third-order valence-corrected chi connectivity index (χ3v) is 6.94. The Bertz CT molecular complexity index is 1440. The maximum absolute atomic E-state index is 12.4. The monoisotopic (exact) mass is 530 g/mol. The number of cyclic esters (lactones) is 1. The van der Waals surface area contributed by atoms with E-state index >= 15 is 0 Å². The average molecular weight is 531 g/mol. The van der Waals surface area contributed by atoms with Crippen molar-refractivity contribution in [2.24, 2.45) is 5.92 Å². The van der Waals surface area contributed by atoms with Crippen LogP contribution in [0.1, 0.15) is 28.8 Å². The Hall–Kier alpha value is -4.70. The van der Waals surface area contributed by atoms with E-state index in [4.69, 9.17) is 14.2 Å². The minimum atomic E-state index is -0.502. The molecule has 0 bridgehead atoms. The first-order valence-electron chi connectivity index (χ1n) is 12.7. The highest BCUT2D eigenvalue weighted by Crippen LogP contribution is 2.33. The second kappa shape index (κ2) is 10.6. The van der Waals surface area contributed by atoms with Crippen molar-refractivity contribution in [1.82, 2.24) is 25.5 Å². The fourth-order valence-corrected chi connectivity index (χ4v) is 5.07. The first-order valence-corrected chi connectivity index (χ1v) is 12.7. The zero-order valence-electron chi connectivity index (χ0n) is 21.0. The lowest BCUT2D eigenvalue weighted by atomic mass is 10.0. The molecule has 2 unspecified atom stereocenters. The first-order chi connectivity index (χ1) is 19.1. The third-order valence-electron chi connectivity index (χ3n) is 6.94. The number of carbonyl (C=O) groups excluding carboxylic acids is 2. The first kappa shape index (κ1) is 24.6. The van der Waals surface area contributed by atoms with Crippen molar-refractivity contribution in [3.05, 3.63) is 53.0 Å². The molecule has 3 aromatic rings. The van der Waals surface area contributed by atoms with Gasteiger partial charge in [0.2, 0.25) is 0 Å². The van der Waals surface area contributed by atoms with Crippen LogP contribution in [0.3, 0.4) is 0 Å². The van der Waals surface area contributed by atoms with E-state index in [1.54, 1.807) is 12.3 Å². The lowest BCUT2D eigenvalue weighted by Gasteiger charge is -2.18. The molecule has 13 heteroatoms. The van der Waals surface area contributed by atoms with Gasteiger partial charge in [0, 0.05) is 6.20 Å². The molecule has 13 nitrogen and oxygen atoms in total. The summed E-state index contributed by atoms with van der Waals surface area (Å²) in [4.78, 5) is 33.8. The highest BCUT2D eigenvalue weighted by Gasteiger charge is 2.34. The number of hydrogen-bond acceptors (Lipinski definition) is 10. The normalized spacial score (nSPS) is 19.5. The van der Waals surface area contributed by atoms with Crippen molar-refractivity contribution < 1.29 is 23.8 Å². The second-order valence-corrected chi connectivity index (χ2v) is 9.69. The number of rotatable bonds is 9. The summed E-state index contributed by atoms with van der Waals surface area (Å²) >= 11 is 0. The molecule has 1 saturated heterocycles. The number of nitrogens with one attached hydrogen (secondary N) is 3. The van der Waals surface area contributed by atoms with E-state index in [0.29, 0.717) is 49.2 Å². The molecular formula is C26H26N8O5. The molecule has 1 fully saturated rings. The van der Waals surface area contributed by atoms with Gasteiger partial charge in [0.05, 0.1) is 30.1 Å². The molecule has 6 rings (SSSR count). The Labute approximate surface area is 223 Å². The molecule has 2 aliphatic heterocycles. The van der Waals surface area contributed by atoms with Gasteiger partial charge in [-0.05, 0) is 67.6 Å². The molecule has 39 heavy (non-hydrogen) atoms. The van der Waals surface area contributed by atoms with E-state index in [0.717, 1.165) is 36.2 Å². The summed E-state index contributed by atoms with van der Waals surface area (Å²) in [5.74, 6) is 1.43. The molecular weight excluding hydrogens is 504 g/mol. The summed E-state index contributed by atoms with van der Waals surface area (Å²) in [5, 5.41) is 22.5. The predicted octanol–water partition coefficient (Wildman–Crippen LogP) is 1.70. The number of ether oxygens (including phenoxy) is 3. The number of amides is 2. The summed E-state index contributed by atoms with van der Waals surface area (Å²) in [6, 6.07) is 8.00. The second-order valence-electron chi connectivity index (χ2n) is 9.69. The zero-order chi connectivity index (χ0) is 26.8. The van der Waals surface area contributed by atoms with Gasteiger partial charge in [-0.25, -0.2) is 14.8 Å². The van der Waals surface area contributed by atoms with Crippen LogP contribution in [0.5, 0.6) is 11.6 Å². The number of benzene rings is 1. The standard InChI is InChI=1S/C26H26N8O5/c27-9-17-8-20(37-13-18-1-4-30-33-18)7-16-5-15(6-21(16)17)10-28-3-2-19-12-34(26(36)39-19)22-11-29-25-24(31-22)32-23(35)14-38-25/h1,4,7-8,11,15,19,28H,2-3,5-6,10,12-14H2,(H,30,33)(H,31,32,35). The molecule has 0 radical (unpaired) electrons. The summed E-state index contributed by atoms with van der Waals surface area (Å²) in [6.45, 7) is 2.04. The van der Waals surface area contributed by atoms with Crippen LogP contribution < -0.4 is 25.0 Å². The number of hydrogen-bond donors (Lipinski definition) is 3. The molecule has 3 aliphatic rings. The minimum absolute atomic E-state index is 0.115. The van der Waals surface area contributed by atoms with Crippen LogP contribution in [-0.2, 0) is 29.0 Å². The zero-order valence-corrected chi connectivity index (χ0v) is 21.0. The van der Waals surface area contributed by atoms with Crippen LogP contribution in [0.2, 0.25) is 0 Å². The van der Waals surface area contributed by atoms with Crippen molar-refractivity contribution in [3.63, 3.8) is 0 Å². The van der Waals surface area contributed by atoms with E-state index in [1.807, 2.05) is 12.1 Å². The summed E-state index contributed by atoms with van der Waals surface area (Å²) in [6.07, 6.45) is 4.63. The van der Waals surface area contributed by atoms with Crippen LogP contribution in [0.4, 0.5) is 16.4 Å². The highest BCUT2D eigenvalue weighted by molar-refractivity contribution is 5.94. The van der Waals surface area contributed by atoms with Gasteiger partial charge < -0.3 is 24.8 Å². The van der Waals surface area contributed by atoms with Crippen LogP contribution in [0.25, 0.3) is 0 Å². The SMILES string of the molecule is N#Cc1cc(OCc2ccn[nH]2)cc2c1CC(CNCCC1CN(c3cnc4c(n3)NC(=O)CO4)C(=O)O1)C2. The molecule has 2 atom stereocenters. The molecule has 1 aliphatic carbocycles. The number of H-pyrrole nitrogens is 1. The number of aromatic nitrogens is 4. The maximum Gasteiger partial charge on any atom is 0.415 e. The van der Waals surface area contributed by atoms with Gasteiger partial charge in [0.1, 0.15) is 18.5 Å². The molecule has 1 aromatic carbocycles. The van der Waals surface area contributed by atoms with Gasteiger partial charge in [0.15, 0.2) is 18.2 Å². The van der Waals surface area contributed by atoms with E-state index in [9.17, 15) is 14.9 Å². The topological polar surface area (TPSA) is 167 Å². The van der Waals surface area contributed by atoms with Gasteiger partial charge in [-0.1, -0.05) is 0 Å². The summed E-state index contributed by atoms with van der Waals surface area (Å²) < 4.78 is 16.6. The van der Waals surface area contributed by atoms with E-state index in [2.05, 4.69) is 36.9 Å². The van der Waals surface area contributed by atoms with Gasteiger partial charge >= 0.3 is 6.09 Å². The fraction of sp³-hybridized carbons (Fsp3) is 0.385. The Kier molecular flexibility index (Phi) is 6.68. The van der Waals surface area contributed by atoms with Crippen LogP contribution in [0, 0.1) is 17.2 Å². The molecule has 0 spiro atoms. The number of aromatic amines is 1. The average Bonchev–Trinajstić information content (AvgIpc) is 3.69. The fourth-order valence-electron chi connectivity index (χ4n) is 5.07. The van der Waals surface area contributed by atoms with Crippen molar-refractivity contribution >= 4 is 23.6 Å². The molecule has 4 heterocycles. The molecule has 200 valence electrons. The Morgan fingerprint density at radius 3 is 3.05 bits per heavy atom. The minimum Gasteiger partial charge on any atom is -0.487 e. The Balaban J connectivity index is 0.979. The molecule has 3 N–H and O–H groups in total. The summed E-state index contributed by atoms with van der Waals surface area (Å²) in [5.41, 5.74) is 3.76. The number of nitriles is 1. The smallest absolute Gasteiger partial charge is 0.415 e. The Morgan fingerprint density at radius 2 is 2.21 bits per heavy atom. The summed E-state index contributed by atoms with van der Waals surface area (Å²) in [7, 11) is 0. The van der Waals surface area contributed by atoms with Gasteiger partial charge in [-0.15, -0.1) is 0 Å². The highest BCUT2D eigenvalue weighted by atomic mass is 16.6. The van der Waals surface area contributed by atoms with E-state index in [-0.39, 0.29) is 30.3 Å². The third kappa shape index (κ3) is 5.32. The largest absolute Gasteiger partial charge is 0.487 e. The predicted molar refractivity (Wildman–Crippen MR) is 136 cm³/mol. The number of nitrogens with zero attached hydrogens (tertiary/aromatic N) is 5. The van der Waals surface area contributed by atoms with Gasteiger partial charge in [-0.3, -0.25) is 14.8 Å². The van der Waals surface area contributed by atoms with Crippen molar-refractivity contribution in [3.8, 4) is 17.7 Å². The van der Waals surface area contributed by atoms with Crippen molar-refractivity contribution in [2.75, 3.05) is 36.5 Å². The van der Waals surface area contributed by atoms with Gasteiger partial charge in [0.25, 0.3) is 11.8 Å². The van der Waals surface area contributed by atoms with Crippen molar-refractivity contribution in [1.29, 1.82) is 5.26 Å². The molecule has 2 aromatic heterocycles. The van der Waals surface area contributed by atoms with Crippen LogP contribution in [-0.4, -0.2) is 64.5 Å². The lowest BCUT2D eigenvalue weighted by Crippen LogP contribution is -2.30. The lowest BCUT2D eigenvalue weighted by molar-refractivity contribution is -0.118. The van der Waals surface area contributed by atoms with E-state index in [1.165, 1.54) is 11.1 Å². The van der Waals surface area contributed by atoms with Crippen LogP contribution in [0.15, 0.2) is 30.6 Å². The van der Waals surface area contributed by atoms with Gasteiger partial charge in [-0.2, -0.15) is 10.4 Å². The Morgan fingerprint density at radius 1 is 1.28 bits per heavy atom. The number of carbonyl (C=O) groups is 2. The van der Waals surface area contributed by atoms with E-state index < -0.39 is 6.09 Å². The van der Waals surface area contributed by atoms with Crippen LogP contribution >= 0.6 is 0 Å². The maximum atomic E-state index is 12.4. The molecule has 0 saturated carbocycles. The quantitative estimate of drug-likeness (QED) is 0.346. The molecule has 2 amide bonds. The van der Waals surface area contributed by atoms with Crippen molar-refractivity contribution in [2.45, 2.75) is 32.0 Å².